The van der Waals surface area contributed by atoms with Gasteiger partial charge in [-0.3, -0.25) is 4.90 Å². The smallest absolute Gasteiger partial charge is 0.191 e. The number of benzene rings is 1. The van der Waals surface area contributed by atoms with Gasteiger partial charge in [-0.25, -0.2) is 4.99 Å². The first-order valence-corrected chi connectivity index (χ1v) is 11.9. The topological polar surface area (TPSA) is 65.3 Å². The van der Waals surface area contributed by atoms with Crippen molar-refractivity contribution in [3.8, 4) is 0 Å². The van der Waals surface area contributed by atoms with E-state index in [1.807, 2.05) is 12.1 Å². The molecule has 0 bridgehead atoms. The fourth-order valence-corrected chi connectivity index (χ4v) is 3.82. The van der Waals surface area contributed by atoms with E-state index >= 15 is 0 Å². The van der Waals surface area contributed by atoms with Gasteiger partial charge in [-0.15, -0.1) is 0 Å². The highest BCUT2D eigenvalue weighted by atomic mass is 16.5. The SMILES string of the molecule is CCNC(=NCc1ccccc1CN1CCN(CC)CC1)NCCCOCc1ccco1. The summed E-state index contributed by atoms with van der Waals surface area (Å²) >= 11 is 0. The lowest BCUT2D eigenvalue weighted by Crippen LogP contribution is -2.45. The first-order chi connectivity index (χ1) is 15.8. The van der Waals surface area contributed by atoms with Crippen molar-refractivity contribution in [2.45, 2.75) is 40.0 Å². The first kappa shape index (κ1) is 24.3. The van der Waals surface area contributed by atoms with Gasteiger partial charge in [-0.1, -0.05) is 31.2 Å². The van der Waals surface area contributed by atoms with Crippen LogP contribution in [-0.2, 0) is 24.4 Å². The number of guanidine groups is 1. The van der Waals surface area contributed by atoms with Gasteiger partial charge >= 0.3 is 0 Å². The molecule has 1 aliphatic rings. The molecule has 0 spiro atoms. The summed E-state index contributed by atoms with van der Waals surface area (Å²) in [4.78, 5) is 9.91. The van der Waals surface area contributed by atoms with Crippen LogP contribution >= 0.6 is 0 Å². The van der Waals surface area contributed by atoms with Crippen molar-refractivity contribution in [3.05, 3.63) is 59.5 Å². The van der Waals surface area contributed by atoms with E-state index < -0.39 is 0 Å². The highest BCUT2D eigenvalue weighted by Gasteiger charge is 2.16. The number of hydrogen-bond acceptors (Lipinski definition) is 5. The maximum Gasteiger partial charge on any atom is 0.191 e. The molecule has 0 unspecified atom stereocenters. The molecule has 1 aromatic heterocycles. The number of furan rings is 1. The molecule has 1 aliphatic heterocycles. The zero-order chi connectivity index (χ0) is 22.4. The van der Waals surface area contributed by atoms with E-state index in [1.54, 1.807) is 6.26 Å². The number of rotatable bonds is 12. The molecular weight excluding hydrogens is 402 g/mol. The van der Waals surface area contributed by atoms with Crippen molar-refractivity contribution in [1.29, 1.82) is 0 Å². The highest BCUT2D eigenvalue weighted by Crippen LogP contribution is 2.14. The Labute approximate surface area is 192 Å². The first-order valence-electron chi connectivity index (χ1n) is 11.9. The maximum atomic E-state index is 5.65. The van der Waals surface area contributed by atoms with Gasteiger partial charge in [0.1, 0.15) is 12.4 Å². The zero-order valence-corrected chi connectivity index (χ0v) is 19.7. The fraction of sp³-hybridized carbons (Fsp3) is 0.560. The van der Waals surface area contributed by atoms with Crippen LogP contribution in [0.1, 0.15) is 37.2 Å². The molecule has 32 heavy (non-hydrogen) atoms. The summed E-state index contributed by atoms with van der Waals surface area (Å²) in [6, 6.07) is 12.5. The maximum absolute atomic E-state index is 5.65. The van der Waals surface area contributed by atoms with Crippen molar-refractivity contribution in [1.82, 2.24) is 20.4 Å². The van der Waals surface area contributed by atoms with Gasteiger partial charge in [0.15, 0.2) is 5.96 Å². The highest BCUT2D eigenvalue weighted by molar-refractivity contribution is 5.79. The van der Waals surface area contributed by atoms with E-state index in [4.69, 9.17) is 14.1 Å². The molecular formula is C25H39N5O2. The van der Waals surface area contributed by atoms with Crippen LogP contribution in [0.25, 0.3) is 0 Å². The molecule has 7 heteroatoms. The standard InChI is InChI=1S/C25H39N5O2/c1-3-26-25(27-12-8-17-31-21-24-11-7-18-32-24)28-19-22-9-5-6-10-23(22)20-30-15-13-29(4-2)14-16-30/h5-7,9-11,18H,3-4,8,12-17,19-21H2,1-2H3,(H2,26,27,28). The second-order valence-corrected chi connectivity index (χ2v) is 8.09. The van der Waals surface area contributed by atoms with Crippen LogP contribution in [0.5, 0.6) is 0 Å². The van der Waals surface area contributed by atoms with E-state index in [0.717, 1.165) is 70.5 Å². The summed E-state index contributed by atoms with van der Waals surface area (Å²) in [6.45, 7) is 14.6. The summed E-state index contributed by atoms with van der Waals surface area (Å²) < 4.78 is 10.9. The number of aliphatic imine (C=N–C) groups is 1. The van der Waals surface area contributed by atoms with E-state index in [2.05, 4.69) is 58.5 Å². The Morgan fingerprint density at radius 2 is 1.78 bits per heavy atom. The van der Waals surface area contributed by atoms with E-state index in [9.17, 15) is 0 Å². The van der Waals surface area contributed by atoms with Crippen molar-refractivity contribution in [2.24, 2.45) is 4.99 Å². The lowest BCUT2D eigenvalue weighted by molar-refractivity contribution is 0.105. The minimum Gasteiger partial charge on any atom is -0.467 e. The van der Waals surface area contributed by atoms with Crippen molar-refractivity contribution >= 4 is 5.96 Å². The molecule has 3 rings (SSSR count). The largest absolute Gasteiger partial charge is 0.467 e. The van der Waals surface area contributed by atoms with Gasteiger partial charge < -0.3 is 24.7 Å². The van der Waals surface area contributed by atoms with Crippen LogP contribution in [0.4, 0.5) is 0 Å². The lowest BCUT2D eigenvalue weighted by atomic mass is 10.1. The molecule has 0 aliphatic carbocycles. The normalized spacial score (nSPS) is 15.8. The predicted molar refractivity (Wildman–Crippen MR) is 130 cm³/mol. The summed E-state index contributed by atoms with van der Waals surface area (Å²) in [5.41, 5.74) is 2.67. The third kappa shape index (κ3) is 8.30. The Morgan fingerprint density at radius 1 is 1.00 bits per heavy atom. The van der Waals surface area contributed by atoms with Gasteiger partial charge in [-0.2, -0.15) is 0 Å². The molecule has 2 aromatic rings. The molecule has 0 saturated carbocycles. The van der Waals surface area contributed by atoms with Crippen LogP contribution in [0, 0.1) is 0 Å². The van der Waals surface area contributed by atoms with Crippen molar-refractivity contribution < 1.29 is 9.15 Å². The van der Waals surface area contributed by atoms with Crippen LogP contribution < -0.4 is 10.6 Å². The van der Waals surface area contributed by atoms with Crippen LogP contribution in [0.15, 0.2) is 52.1 Å². The average molecular weight is 442 g/mol. The van der Waals surface area contributed by atoms with Crippen LogP contribution in [0.2, 0.25) is 0 Å². The predicted octanol–water partition coefficient (Wildman–Crippen LogP) is 3.08. The number of likely N-dealkylation sites (N-methyl/N-ethyl adjacent to an activating group) is 1. The molecule has 1 saturated heterocycles. The Kier molecular flexibility index (Phi) is 10.6. The number of nitrogens with one attached hydrogen (secondary N) is 2. The molecule has 2 heterocycles. The Bertz CT molecular complexity index is 785. The minimum absolute atomic E-state index is 0.519. The van der Waals surface area contributed by atoms with E-state index in [0.29, 0.717) is 19.8 Å². The third-order valence-corrected chi connectivity index (χ3v) is 5.76. The van der Waals surface area contributed by atoms with Gasteiger partial charge in [0, 0.05) is 52.4 Å². The van der Waals surface area contributed by atoms with Crippen molar-refractivity contribution in [3.63, 3.8) is 0 Å². The quantitative estimate of drug-likeness (QED) is 0.300. The van der Waals surface area contributed by atoms with Crippen molar-refractivity contribution in [2.75, 3.05) is 52.4 Å². The third-order valence-electron chi connectivity index (χ3n) is 5.76. The van der Waals surface area contributed by atoms with Crippen LogP contribution in [0.3, 0.4) is 0 Å². The Balaban J connectivity index is 1.44. The Hall–Kier alpha value is -2.35. The lowest BCUT2D eigenvalue weighted by Gasteiger charge is -2.34. The second-order valence-electron chi connectivity index (χ2n) is 8.09. The average Bonchev–Trinajstić information content (AvgIpc) is 3.34. The van der Waals surface area contributed by atoms with Crippen LogP contribution in [-0.4, -0.2) is 68.2 Å². The summed E-state index contributed by atoms with van der Waals surface area (Å²) in [5.74, 6) is 1.71. The summed E-state index contributed by atoms with van der Waals surface area (Å²) in [6.07, 6.45) is 2.58. The molecule has 176 valence electrons. The van der Waals surface area contributed by atoms with Gasteiger partial charge in [0.25, 0.3) is 0 Å². The van der Waals surface area contributed by atoms with E-state index in [-0.39, 0.29) is 0 Å². The fourth-order valence-electron chi connectivity index (χ4n) is 3.82. The summed E-state index contributed by atoms with van der Waals surface area (Å²) in [5, 5.41) is 6.76. The zero-order valence-electron chi connectivity index (χ0n) is 19.7. The van der Waals surface area contributed by atoms with Gasteiger partial charge in [0.05, 0.1) is 12.8 Å². The number of hydrogen-bond donors (Lipinski definition) is 2. The summed E-state index contributed by atoms with van der Waals surface area (Å²) in [7, 11) is 0. The van der Waals surface area contributed by atoms with Gasteiger partial charge in [0.2, 0.25) is 0 Å². The number of piperazine rings is 1. The van der Waals surface area contributed by atoms with Gasteiger partial charge in [-0.05, 0) is 43.1 Å². The molecule has 0 atom stereocenters. The molecule has 7 nitrogen and oxygen atoms in total. The molecule has 0 amide bonds. The minimum atomic E-state index is 0.519. The molecule has 0 radical (unpaired) electrons. The molecule has 1 fully saturated rings. The number of nitrogens with zero attached hydrogens (tertiary/aromatic N) is 3. The monoisotopic (exact) mass is 441 g/mol. The second kappa shape index (κ2) is 13.9. The van der Waals surface area contributed by atoms with E-state index in [1.165, 1.54) is 11.1 Å². The number of ether oxygens (including phenoxy) is 1. The molecule has 1 aromatic carbocycles. The Morgan fingerprint density at radius 3 is 2.50 bits per heavy atom. The molecule has 2 N–H and O–H groups in total.